The third-order valence-corrected chi connectivity index (χ3v) is 3.93. The van der Waals surface area contributed by atoms with Gasteiger partial charge in [0.15, 0.2) is 0 Å². The average Bonchev–Trinajstić information content (AvgIpc) is 2.89. The number of benzene rings is 1. The van der Waals surface area contributed by atoms with Crippen molar-refractivity contribution in [2.75, 3.05) is 20.1 Å². The summed E-state index contributed by atoms with van der Waals surface area (Å²) in [5.41, 5.74) is 3.29. The number of aryl methyl sites for hydroxylation is 1. The molecule has 0 spiro atoms. The van der Waals surface area contributed by atoms with Crippen LogP contribution in [0.4, 0.5) is 0 Å². The molecule has 0 saturated heterocycles. The second-order valence-electron chi connectivity index (χ2n) is 6.02. The Morgan fingerprint density at radius 1 is 1.45 bits per heavy atom. The number of carbonyl (C=O) groups is 1. The van der Waals surface area contributed by atoms with E-state index in [4.69, 9.17) is 0 Å². The zero-order valence-corrected chi connectivity index (χ0v) is 13.9. The SMILES string of the molecule is CCC(C)NC(=O)CN(C)CCc1nc2c(C)cccc2[nH]1. The van der Waals surface area contributed by atoms with Crippen LogP contribution in [0.5, 0.6) is 0 Å². The van der Waals surface area contributed by atoms with Crippen LogP contribution in [-0.2, 0) is 11.2 Å². The largest absolute Gasteiger partial charge is 0.353 e. The van der Waals surface area contributed by atoms with Gasteiger partial charge in [0.2, 0.25) is 5.91 Å². The lowest BCUT2D eigenvalue weighted by atomic mass is 10.2. The Morgan fingerprint density at radius 3 is 2.91 bits per heavy atom. The number of carbonyl (C=O) groups excluding carboxylic acids is 1. The summed E-state index contributed by atoms with van der Waals surface area (Å²) < 4.78 is 0. The molecule has 2 aromatic rings. The first kappa shape index (κ1) is 16.5. The summed E-state index contributed by atoms with van der Waals surface area (Å²) in [4.78, 5) is 21.9. The van der Waals surface area contributed by atoms with Crippen LogP contribution in [0.2, 0.25) is 0 Å². The number of amides is 1. The third-order valence-electron chi connectivity index (χ3n) is 3.93. The van der Waals surface area contributed by atoms with Gasteiger partial charge in [-0.2, -0.15) is 0 Å². The molecule has 1 unspecified atom stereocenters. The maximum atomic E-state index is 11.8. The summed E-state index contributed by atoms with van der Waals surface area (Å²) in [6.07, 6.45) is 1.76. The monoisotopic (exact) mass is 302 g/mol. The Hall–Kier alpha value is -1.88. The van der Waals surface area contributed by atoms with Gasteiger partial charge in [-0.15, -0.1) is 0 Å². The minimum atomic E-state index is 0.0808. The van der Waals surface area contributed by atoms with Gasteiger partial charge in [-0.3, -0.25) is 9.69 Å². The van der Waals surface area contributed by atoms with Crippen molar-refractivity contribution in [1.29, 1.82) is 0 Å². The van der Waals surface area contributed by atoms with Crippen LogP contribution in [0.25, 0.3) is 11.0 Å². The van der Waals surface area contributed by atoms with E-state index >= 15 is 0 Å². The summed E-state index contributed by atoms with van der Waals surface area (Å²) in [6, 6.07) is 6.38. The molecule has 5 heteroatoms. The highest BCUT2D eigenvalue weighted by atomic mass is 16.2. The molecule has 2 N–H and O–H groups in total. The first-order chi connectivity index (χ1) is 10.5. The molecular weight excluding hydrogens is 276 g/mol. The van der Waals surface area contributed by atoms with Crippen molar-refractivity contribution in [2.24, 2.45) is 0 Å². The van der Waals surface area contributed by atoms with Crippen LogP contribution in [0.1, 0.15) is 31.7 Å². The van der Waals surface area contributed by atoms with Crippen molar-refractivity contribution in [3.05, 3.63) is 29.6 Å². The van der Waals surface area contributed by atoms with E-state index in [0.29, 0.717) is 6.54 Å². The van der Waals surface area contributed by atoms with Gasteiger partial charge in [-0.05, 0) is 38.9 Å². The number of rotatable bonds is 7. The van der Waals surface area contributed by atoms with Crippen LogP contribution < -0.4 is 5.32 Å². The summed E-state index contributed by atoms with van der Waals surface area (Å²) in [5, 5.41) is 2.98. The van der Waals surface area contributed by atoms with Gasteiger partial charge in [-0.25, -0.2) is 4.98 Å². The molecule has 0 fully saturated rings. The van der Waals surface area contributed by atoms with Crippen LogP contribution in [0, 0.1) is 6.92 Å². The number of hydrogen-bond donors (Lipinski definition) is 2. The number of nitrogens with one attached hydrogen (secondary N) is 2. The Kier molecular flexibility index (Phi) is 5.55. The smallest absolute Gasteiger partial charge is 0.234 e. The van der Waals surface area contributed by atoms with Crippen molar-refractivity contribution < 1.29 is 4.79 Å². The molecular formula is C17H26N4O. The first-order valence-electron chi connectivity index (χ1n) is 7.91. The van der Waals surface area contributed by atoms with Crippen molar-refractivity contribution >= 4 is 16.9 Å². The quantitative estimate of drug-likeness (QED) is 0.825. The molecule has 0 bridgehead atoms. The van der Waals surface area contributed by atoms with Crippen molar-refractivity contribution in [3.8, 4) is 0 Å². The van der Waals surface area contributed by atoms with E-state index in [-0.39, 0.29) is 11.9 Å². The molecule has 5 nitrogen and oxygen atoms in total. The van der Waals surface area contributed by atoms with Gasteiger partial charge in [0.1, 0.15) is 5.82 Å². The fraction of sp³-hybridized carbons (Fsp3) is 0.529. The minimum absolute atomic E-state index is 0.0808. The highest BCUT2D eigenvalue weighted by Crippen LogP contribution is 2.15. The molecule has 0 aliphatic rings. The maximum absolute atomic E-state index is 11.8. The zero-order valence-electron chi connectivity index (χ0n) is 13.9. The van der Waals surface area contributed by atoms with Gasteiger partial charge < -0.3 is 10.3 Å². The number of aromatic amines is 1. The summed E-state index contributed by atoms with van der Waals surface area (Å²) >= 11 is 0. The molecule has 1 atom stereocenters. The Morgan fingerprint density at radius 2 is 2.23 bits per heavy atom. The summed E-state index contributed by atoms with van der Waals surface area (Å²) in [7, 11) is 1.96. The van der Waals surface area contributed by atoms with E-state index in [2.05, 4.69) is 35.2 Å². The molecule has 1 heterocycles. The first-order valence-corrected chi connectivity index (χ1v) is 7.91. The van der Waals surface area contributed by atoms with E-state index in [1.54, 1.807) is 0 Å². The number of para-hydroxylation sites is 1. The van der Waals surface area contributed by atoms with Crippen LogP contribution in [-0.4, -0.2) is 47.0 Å². The van der Waals surface area contributed by atoms with Crippen LogP contribution in [0.15, 0.2) is 18.2 Å². The van der Waals surface area contributed by atoms with Gasteiger partial charge in [0.05, 0.1) is 17.6 Å². The molecule has 0 aliphatic carbocycles. The Balaban J connectivity index is 1.86. The van der Waals surface area contributed by atoms with Crippen LogP contribution >= 0.6 is 0 Å². The third kappa shape index (κ3) is 4.31. The van der Waals surface area contributed by atoms with Crippen molar-refractivity contribution in [1.82, 2.24) is 20.2 Å². The highest BCUT2D eigenvalue weighted by molar-refractivity contribution is 5.79. The lowest BCUT2D eigenvalue weighted by molar-refractivity contribution is -0.122. The standard InChI is InChI=1S/C17H26N4O/c1-5-13(3)18-16(22)11-21(4)10-9-15-19-14-8-6-7-12(2)17(14)20-15/h6-8,13H,5,9-11H2,1-4H3,(H,18,22)(H,19,20). The normalized spacial score (nSPS) is 12.8. The van der Waals surface area contributed by atoms with Gasteiger partial charge in [-0.1, -0.05) is 19.1 Å². The van der Waals surface area contributed by atoms with Gasteiger partial charge in [0, 0.05) is 19.0 Å². The molecule has 22 heavy (non-hydrogen) atoms. The second kappa shape index (κ2) is 7.40. The lowest BCUT2D eigenvalue weighted by Crippen LogP contribution is -2.40. The number of aromatic nitrogens is 2. The average molecular weight is 302 g/mol. The van der Waals surface area contributed by atoms with Gasteiger partial charge in [0.25, 0.3) is 0 Å². The fourth-order valence-electron chi connectivity index (χ4n) is 2.39. The van der Waals surface area contributed by atoms with Crippen LogP contribution in [0.3, 0.4) is 0 Å². The molecule has 2 rings (SSSR count). The number of H-pyrrole nitrogens is 1. The fourth-order valence-corrected chi connectivity index (χ4v) is 2.39. The number of hydrogen-bond acceptors (Lipinski definition) is 3. The molecule has 1 aromatic heterocycles. The van der Waals surface area contributed by atoms with E-state index < -0.39 is 0 Å². The van der Waals surface area contributed by atoms with E-state index in [0.717, 1.165) is 36.2 Å². The predicted molar refractivity (Wildman–Crippen MR) is 89.9 cm³/mol. The molecule has 120 valence electrons. The number of imidazole rings is 1. The molecule has 1 aromatic carbocycles. The van der Waals surface area contributed by atoms with E-state index in [9.17, 15) is 4.79 Å². The van der Waals surface area contributed by atoms with Crippen molar-refractivity contribution in [3.63, 3.8) is 0 Å². The van der Waals surface area contributed by atoms with Crippen molar-refractivity contribution in [2.45, 2.75) is 39.7 Å². The number of likely N-dealkylation sites (N-methyl/N-ethyl adjacent to an activating group) is 1. The maximum Gasteiger partial charge on any atom is 0.234 e. The molecule has 1 amide bonds. The lowest BCUT2D eigenvalue weighted by Gasteiger charge is -2.17. The second-order valence-corrected chi connectivity index (χ2v) is 6.02. The summed E-state index contributed by atoms with van der Waals surface area (Å²) in [6.45, 7) is 7.38. The Bertz CT molecular complexity index is 635. The van der Waals surface area contributed by atoms with Gasteiger partial charge >= 0.3 is 0 Å². The summed E-state index contributed by atoms with van der Waals surface area (Å²) in [5.74, 6) is 1.05. The molecule has 0 aliphatic heterocycles. The highest BCUT2D eigenvalue weighted by Gasteiger charge is 2.10. The van der Waals surface area contributed by atoms with E-state index in [1.165, 1.54) is 5.56 Å². The Labute approximate surface area is 132 Å². The minimum Gasteiger partial charge on any atom is -0.353 e. The molecule has 0 radical (unpaired) electrons. The zero-order chi connectivity index (χ0) is 16.1. The van der Waals surface area contributed by atoms with E-state index in [1.807, 2.05) is 31.0 Å². The number of nitrogens with zero attached hydrogens (tertiary/aromatic N) is 2. The number of fused-ring (bicyclic) bond motifs is 1. The topological polar surface area (TPSA) is 61.0 Å². The molecule has 0 saturated carbocycles. The predicted octanol–water partition coefficient (Wildman–Crippen LogP) is 2.26.